The Bertz CT molecular complexity index is 513. The van der Waals surface area contributed by atoms with E-state index in [2.05, 4.69) is 58.3 Å². The van der Waals surface area contributed by atoms with Crippen LogP contribution in [-0.4, -0.2) is 23.1 Å². The number of nitrogens with one attached hydrogen (secondary N) is 1. The van der Waals surface area contributed by atoms with Crippen LogP contribution in [0.4, 0.5) is 11.5 Å². The highest BCUT2D eigenvalue weighted by atomic mass is 15.1. The van der Waals surface area contributed by atoms with Crippen LogP contribution in [0, 0.1) is 0 Å². The molecule has 2 aromatic heterocycles. The normalized spacial score (nSPS) is 10.3. The van der Waals surface area contributed by atoms with Gasteiger partial charge in [-0.3, -0.25) is 4.98 Å². The first-order valence-corrected chi connectivity index (χ1v) is 7.17. The van der Waals surface area contributed by atoms with Crippen molar-refractivity contribution in [2.24, 2.45) is 0 Å². The molecule has 106 valence electrons. The second-order valence-electron chi connectivity index (χ2n) is 4.70. The van der Waals surface area contributed by atoms with E-state index in [4.69, 9.17) is 0 Å². The predicted octanol–water partition coefficient (Wildman–Crippen LogP) is 3.33. The Balaban J connectivity index is 2.10. The maximum absolute atomic E-state index is 4.35. The van der Waals surface area contributed by atoms with Crippen LogP contribution >= 0.6 is 0 Å². The lowest BCUT2D eigenvalue weighted by Gasteiger charge is -2.23. The van der Waals surface area contributed by atoms with Crippen molar-refractivity contribution in [2.75, 3.05) is 23.3 Å². The highest BCUT2D eigenvalue weighted by Crippen LogP contribution is 2.19. The van der Waals surface area contributed by atoms with E-state index in [-0.39, 0.29) is 0 Å². The summed E-state index contributed by atoms with van der Waals surface area (Å²) in [5.74, 6) is 0.942. The zero-order chi connectivity index (χ0) is 14.2. The van der Waals surface area contributed by atoms with Gasteiger partial charge >= 0.3 is 0 Å². The highest BCUT2D eigenvalue weighted by Gasteiger charge is 2.06. The molecule has 2 heterocycles. The molecule has 4 heteroatoms. The second-order valence-corrected chi connectivity index (χ2v) is 4.70. The Hall–Kier alpha value is -2.10. The lowest BCUT2D eigenvalue weighted by atomic mass is 10.2. The van der Waals surface area contributed by atoms with Crippen molar-refractivity contribution in [3.05, 3.63) is 48.4 Å². The molecule has 0 spiro atoms. The number of pyridine rings is 2. The molecular formula is C16H22N4. The number of rotatable bonds is 7. The van der Waals surface area contributed by atoms with Gasteiger partial charge in [0.15, 0.2) is 0 Å². The molecule has 1 N–H and O–H groups in total. The Morgan fingerprint density at radius 3 is 2.60 bits per heavy atom. The summed E-state index contributed by atoms with van der Waals surface area (Å²) in [5, 5.41) is 3.33. The van der Waals surface area contributed by atoms with Crippen molar-refractivity contribution in [1.29, 1.82) is 0 Å². The summed E-state index contributed by atoms with van der Waals surface area (Å²) in [5.41, 5.74) is 2.46. The Kier molecular flexibility index (Phi) is 5.35. The summed E-state index contributed by atoms with van der Waals surface area (Å²) >= 11 is 0. The van der Waals surface area contributed by atoms with E-state index in [9.17, 15) is 0 Å². The molecule has 0 aliphatic heterocycles. The molecule has 2 rings (SSSR count). The summed E-state index contributed by atoms with van der Waals surface area (Å²) in [6.07, 6.45) is 6.64. The average Bonchev–Trinajstić information content (AvgIpc) is 2.52. The molecule has 4 nitrogen and oxygen atoms in total. The van der Waals surface area contributed by atoms with Crippen LogP contribution in [-0.2, 0) is 6.54 Å². The molecule has 0 radical (unpaired) electrons. The first kappa shape index (κ1) is 14.3. The maximum Gasteiger partial charge on any atom is 0.127 e. The minimum atomic E-state index is 0.885. The molecule has 2 aromatic rings. The van der Waals surface area contributed by atoms with Gasteiger partial charge in [0.25, 0.3) is 0 Å². The number of nitrogens with zero attached hydrogens (tertiary/aromatic N) is 3. The van der Waals surface area contributed by atoms with Crippen molar-refractivity contribution in [3.8, 4) is 0 Å². The zero-order valence-corrected chi connectivity index (χ0v) is 12.2. The monoisotopic (exact) mass is 270 g/mol. The summed E-state index contributed by atoms with van der Waals surface area (Å²) in [6, 6.07) is 8.28. The third-order valence-corrected chi connectivity index (χ3v) is 3.17. The van der Waals surface area contributed by atoms with Gasteiger partial charge in [-0.25, -0.2) is 4.98 Å². The van der Waals surface area contributed by atoms with Gasteiger partial charge in [0.1, 0.15) is 5.82 Å². The first-order valence-electron chi connectivity index (χ1n) is 7.17. The number of hydrogen-bond acceptors (Lipinski definition) is 4. The standard InChI is InChI=1S/C16H22N4/c1-3-8-18-16-12-15(7-11-19-16)20(4-2)13-14-5-9-17-10-6-14/h5-7,9-12H,3-4,8,13H2,1-2H3,(H,18,19). The predicted molar refractivity (Wildman–Crippen MR) is 84.0 cm³/mol. The first-order chi connectivity index (χ1) is 9.83. The lowest BCUT2D eigenvalue weighted by molar-refractivity contribution is 0.829. The summed E-state index contributed by atoms with van der Waals surface area (Å²) in [7, 11) is 0. The molecule has 0 unspecified atom stereocenters. The third kappa shape index (κ3) is 3.95. The molecule has 0 amide bonds. The van der Waals surface area contributed by atoms with E-state index in [0.29, 0.717) is 0 Å². The van der Waals surface area contributed by atoms with E-state index in [1.54, 1.807) is 0 Å². The van der Waals surface area contributed by atoms with Crippen LogP contribution in [0.25, 0.3) is 0 Å². The van der Waals surface area contributed by atoms with Gasteiger partial charge in [0, 0.05) is 50.0 Å². The molecule has 0 aromatic carbocycles. The molecule has 0 bridgehead atoms. The van der Waals surface area contributed by atoms with E-state index in [1.165, 1.54) is 11.3 Å². The van der Waals surface area contributed by atoms with Crippen LogP contribution in [0.2, 0.25) is 0 Å². The van der Waals surface area contributed by atoms with E-state index >= 15 is 0 Å². The summed E-state index contributed by atoms with van der Waals surface area (Å²) in [4.78, 5) is 10.7. The van der Waals surface area contributed by atoms with Crippen LogP contribution in [0.5, 0.6) is 0 Å². The van der Waals surface area contributed by atoms with Crippen molar-refractivity contribution in [2.45, 2.75) is 26.8 Å². The average molecular weight is 270 g/mol. The van der Waals surface area contributed by atoms with Gasteiger partial charge in [-0.1, -0.05) is 6.92 Å². The van der Waals surface area contributed by atoms with Gasteiger partial charge in [-0.05, 0) is 37.1 Å². The largest absolute Gasteiger partial charge is 0.370 e. The highest BCUT2D eigenvalue weighted by molar-refractivity contribution is 5.54. The fraction of sp³-hybridized carbons (Fsp3) is 0.375. The molecule has 0 aliphatic rings. The summed E-state index contributed by atoms with van der Waals surface area (Å²) < 4.78 is 0. The molecular weight excluding hydrogens is 248 g/mol. The number of hydrogen-bond donors (Lipinski definition) is 1. The smallest absolute Gasteiger partial charge is 0.127 e. The Morgan fingerprint density at radius 2 is 1.90 bits per heavy atom. The molecule has 0 saturated carbocycles. The van der Waals surface area contributed by atoms with Crippen LogP contribution in [0.3, 0.4) is 0 Å². The molecule has 0 aliphatic carbocycles. The van der Waals surface area contributed by atoms with Gasteiger partial charge in [0.05, 0.1) is 0 Å². The topological polar surface area (TPSA) is 41.0 Å². The number of aromatic nitrogens is 2. The van der Waals surface area contributed by atoms with Crippen molar-refractivity contribution in [3.63, 3.8) is 0 Å². The van der Waals surface area contributed by atoms with Crippen molar-refractivity contribution < 1.29 is 0 Å². The maximum atomic E-state index is 4.35. The lowest BCUT2D eigenvalue weighted by Crippen LogP contribution is -2.22. The van der Waals surface area contributed by atoms with Gasteiger partial charge in [-0.15, -0.1) is 0 Å². The van der Waals surface area contributed by atoms with Gasteiger partial charge in [0.2, 0.25) is 0 Å². The quantitative estimate of drug-likeness (QED) is 0.838. The minimum Gasteiger partial charge on any atom is -0.370 e. The third-order valence-electron chi connectivity index (χ3n) is 3.17. The van der Waals surface area contributed by atoms with Crippen LogP contribution in [0.15, 0.2) is 42.9 Å². The fourth-order valence-corrected chi connectivity index (χ4v) is 2.06. The van der Waals surface area contributed by atoms with E-state index in [1.807, 2.05) is 18.6 Å². The molecule has 0 fully saturated rings. The molecule has 0 atom stereocenters. The number of anilines is 2. The minimum absolute atomic E-state index is 0.885. The van der Waals surface area contributed by atoms with E-state index < -0.39 is 0 Å². The Morgan fingerprint density at radius 1 is 1.10 bits per heavy atom. The zero-order valence-electron chi connectivity index (χ0n) is 12.2. The summed E-state index contributed by atoms with van der Waals surface area (Å²) in [6.45, 7) is 7.11. The molecule has 20 heavy (non-hydrogen) atoms. The second kappa shape index (κ2) is 7.48. The van der Waals surface area contributed by atoms with Crippen molar-refractivity contribution >= 4 is 11.5 Å². The fourth-order valence-electron chi connectivity index (χ4n) is 2.06. The molecule has 0 saturated heterocycles. The van der Waals surface area contributed by atoms with Crippen LogP contribution in [0.1, 0.15) is 25.8 Å². The van der Waals surface area contributed by atoms with Gasteiger partial charge in [-0.2, -0.15) is 0 Å². The van der Waals surface area contributed by atoms with Crippen LogP contribution < -0.4 is 10.2 Å². The van der Waals surface area contributed by atoms with Crippen molar-refractivity contribution in [1.82, 2.24) is 9.97 Å². The Labute approximate surface area is 120 Å². The SMILES string of the molecule is CCCNc1cc(N(CC)Cc2ccncc2)ccn1. The van der Waals surface area contributed by atoms with E-state index in [0.717, 1.165) is 31.9 Å². The van der Waals surface area contributed by atoms with Gasteiger partial charge < -0.3 is 10.2 Å².